The molecule has 0 bridgehead atoms. The Morgan fingerprint density at radius 1 is 1.15 bits per heavy atom. The molecule has 20 heavy (non-hydrogen) atoms. The maximum atomic E-state index is 11.1. The summed E-state index contributed by atoms with van der Waals surface area (Å²) in [6.45, 7) is 1.72. The second kappa shape index (κ2) is 6.08. The standard InChI is InChI=1S/C15H17NO2S2/c17-15(18)11-5-7-16(8-6-11)14(12-3-1-9-19-12)13-4-2-10-20-13/h1-4,9-11,14H,5-8H2,(H,17,18). The molecule has 3 rings (SSSR count). The summed E-state index contributed by atoms with van der Waals surface area (Å²) in [6, 6.07) is 8.83. The number of hydrogen-bond donors (Lipinski definition) is 1. The summed E-state index contributed by atoms with van der Waals surface area (Å²) in [6.07, 6.45) is 1.51. The van der Waals surface area contributed by atoms with E-state index in [0.29, 0.717) is 6.04 Å². The Balaban J connectivity index is 1.80. The van der Waals surface area contributed by atoms with Crippen LogP contribution in [0, 0.1) is 5.92 Å². The summed E-state index contributed by atoms with van der Waals surface area (Å²) in [5.41, 5.74) is 0. The van der Waals surface area contributed by atoms with E-state index in [-0.39, 0.29) is 5.92 Å². The zero-order valence-corrected chi connectivity index (χ0v) is 12.7. The molecule has 5 heteroatoms. The smallest absolute Gasteiger partial charge is 0.306 e. The molecule has 0 saturated carbocycles. The van der Waals surface area contributed by atoms with E-state index >= 15 is 0 Å². The lowest BCUT2D eigenvalue weighted by atomic mass is 9.95. The molecule has 0 spiro atoms. The summed E-state index contributed by atoms with van der Waals surface area (Å²) >= 11 is 3.56. The molecule has 0 radical (unpaired) electrons. The van der Waals surface area contributed by atoms with Crippen LogP contribution in [-0.2, 0) is 4.79 Å². The fourth-order valence-corrected chi connectivity index (χ4v) is 4.63. The van der Waals surface area contributed by atoms with Crippen LogP contribution >= 0.6 is 22.7 Å². The number of carbonyl (C=O) groups is 1. The van der Waals surface area contributed by atoms with E-state index in [2.05, 4.69) is 39.9 Å². The van der Waals surface area contributed by atoms with Crippen molar-refractivity contribution >= 4 is 28.6 Å². The maximum absolute atomic E-state index is 11.1. The molecular formula is C15H17NO2S2. The normalized spacial score (nSPS) is 17.6. The number of piperidine rings is 1. The molecule has 106 valence electrons. The van der Waals surface area contributed by atoms with Gasteiger partial charge in [-0.05, 0) is 48.8 Å². The molecule has 2 aromatic rings. The minimum atomic E-state index is -0.645. The van der Waals surface area contributed by atoms with Gasteiger partial charge in [0.25, 0.3) is 0 Å². The van der Waals surface area contributed by atoms with Crippen LogP contribution in [0.25, 0.3) is 0 Å². The Labute approximate surface area is 126 Å². The maximum Gasteiger partial charge on any atom is 0.306 e. The van der Waals surface area contributed by atoms with Crippen LogP contribution in [0.15, 0.2) is 35.0 Å². The number of nitrogens with zero attached hydrogens (tertiary/aromatic N) is 1. The van der Waals surface area contributed by atoms with Crippen LogP contribution < -0.4 is 0 Å². The van der Waals surface area contributed by atoms with E-state index in [0.717, 1.165) is 25.9 Å². The Kier molecular flexibility index (Phi) is 4.19. The lowest BCUT2D eigenvalue weighted by molar-refractivity contribution is -0.143. The Morgan fingerprint density at radius 3 is 2.10 bits per heavy atom. The number of aliphatic carboxylic acids is 1. The van der Waals surface area contributed by atoms with Gasteiger partial charge in [0.15, 0.2) is 0 Å². The minimum Gasteiger partial charge on any atom is -0.481 e. The molecule has 0 atom stereocenters. The van der Waals surface area contributed by atoms with Gasteiger partial charge in [-0.15, -0.1) is 22.7 Å². The van der Waals surface area contributed by atoms with Crippen molar-refractivity contribution in [3.8, 4) is 0 Å². The first-order valence-electron chi connectivity index (χ1n) is 6.79. The Bertz CT molecular complexity index is 508. The molecule has 0 aliphatic carbocycles. The molecule has 1 N–H and O–H groups in total. The van der Waals surface area contributed by atoms with Crippen molar-refractivity contribution in [2.75, 3.05) is 13.1 Å². The van der Waals surface area contributed by atoms with Gasteiger partial charge in [0.05, 0.1) is 12.0 Å². The van der Waals surface area contributed by atoms with Crippen LogP contribution in [-0.4, -0.2) is 29.1 Å². The third kappa shape index (κ3) is 2.80. The molecule has 0 amide bonds. The first-order chi connectivity index (χ1) is 9.75. The second-order valence-electron chi connectivity index (χ2n) is 5.08. The fraction of sp³-hybridized carbons (Fsp3) is 0.400. The van der Waals surface area contributed by atoms with Gasteiger partial charge in [-0.1, -0.05) is 12.1 Å². The summed E-state index contributed by atoms with van der Waals surface area (Å²) < 4.78 is 0. The quantitative estimate of drug-likeness (QED) is 0.936. The number of thiophene rings is 2. The zero-order valence-electron chi connectivity index (χ0n) is 11.1. The van der Waals surface area contributed by atoms with Gasteiger partial charge in [0.2, 0.25) is 0 Å². The van der Waals surface area contributed by atoms with Crippen molar-refractivity contribution in [2.24, 2.45) is 5.92 Å². The molecule has 3 heterocycles. The van der Waals surface area contributed by atoms with Crippen molar-refractivity contribution in [3.63, 3.8) is 0 Å². The van der Waals surface area contributed by atoms with Crippen molar-refractivity contribution in [3.05, 3.63) is 44.8 Å². The summed E-state index contributed by atoms with van der Waals surface area (Å²) in [7, 11) is 0. The van der Waals surface area contributed by atoms with Crippen molar-refractivity contribution < 1.29 is 9.90 Å². The SMILES string of the molecule is O=C(O)C1CCN(C(c2cccs2)c2cccs2)CC1. The van der Waals surface area contributed by atoms with Crippen LogP contribution in [0.2, 0.25) is 0 Å². The highest BCUT2D eigenvalue weighted by molar-refractivity contribution is 7.11. The van der Waals surface area contributed by atoms with E-state index in [1.54, 1.807) is 22.7 Å². The van der Waals surface area contributed by atoms with Gasteiger partial charge >= 0.3 is 5.97 Å². The lowest BCUT2D eigenvalue weighted by Gasteiger charge is -2.35. The van der Waals surface area contributed by atoms with E-state index in [4.69, 9.17) is 5.11 Å². The zero-order chi connectivity index (χ0) is 13.9. The Hall–Kier alpha value is -1.17. The predicted octanol–water partition coefficient (Wildman–Crippen LogP) is 3.70. The van der Waals surface area contributed by atoms with E-state index in [1.807, 2.05) is 0 Å². The molecule has 0 aromatic carbocycles. The first-order valence-corrected chi connectivity index (χ1v) is 8.55. The van der Waals surface area contributed by atoms with E-state index in [1.165, 1.54) is 9.75 Å². The summed E-state index contributed by atoms with van der Waals surface area (Å²) in [4.78, 5) is 16.2. The second-order valence-corrected chi connectivity index (χ2v) is 7.04. The average molecular weight is 307 g/mol. The topological polar surface area (TPSA) is 40.5 Å². The monoisotopic (exact) mass is 307 g/mol. The van der Waals surface area contributed by atoms with Gasteiger partial charge in [-0.2, -0.15) is 0 Å². The van der Waals surface area contributed by atoms with Gasteiger partial charge in [-0.25, -0.2) is 0 Å². The van der Waals surface area contributed by atoms with E-state index < -0.39 is 5.97 Å². The largest absolute Gasteiger partial charge is 0.481 e. The van der Waals surface area contributed by atoms with Crippen LogP contribution in [0.5, 0.6) is 0 Å². The van der Waals surface area contributed by atoms with Crippen LogP contribution in [0.4, 0.5) is 0 Å². The number of rotatable bonds is 4. The Morgan fingerprint density at radius 2 is 1.70 bits per heavy atom. The highest BCUT2D eigenvalue weighted by Crippen LogP contribution is 2.36. The summed E-state index contributed by atoms with van der Waals surface area (Å²) in [5.74, 6) is -0.813. The number of carboxylic acid groups (broad SMARTS) is 1. The minimum absolute atomic E-state index is 0.168. The molecule has 0 unspecified atom stereocenters. The van der Waals surface area contributed by atoms with Crippen LogP contribution in [0.3, 0.4) is 0 Å². The molecule has 2 aromatic heterocycles. The fourth-order valence-electron chi connectivity index (χ4n) is 2.80. The number of hydrogen-bond acceptors (Lipinski definition) is 4. The average Bonchev–Trinajstić information content (AvgIpc) is 3.13. The molecule has 1 aliphatic heterocycles. The van der Waals surface area contributed by atoms with Crippen LogP contribution in [0.1, 0.15) is 28.6 Å². The van der Waals surface area contributed by atoms with Gasteiger partial charge in [0, 0.05) is 9.75 Å². The highest BCUT2D eigenvalue weighted by atomic mass is 32.1. The third-order valence-corrected chi connectivity index (χ3v) is 5.72. The van der Waals surface area contributed by atoms with Gasteiger partial charge in [-0.3, -0.25) is 9.69 Å². The number of likely N-dealkylation sites (tertiary alicyclic amines) is 1. The first kappa shape index (κ1) is 13.8. The van der Waals surface area contributed by atoms with Gasteiger partial charge < -0.3 is 5.11 Å². The van der Waals surface area contributed by atoms with E-state index in [9.17, 15) is 4.79 Å². The van der Waals surface area contributed by atoms with Crippen molar-refractivity contribution in [1.82, 2.24) is 4.90 Å². The molecule has 3 nitrogen and oxygen atoms in total. The lowest BCUT2D eigenvalue weighted by Crippen LogP contribution is -2.38. The third-order valence-electron chi connectivity index (χ3n) is 3.87. The van der Waals surface area contributed by atoms with Gasteiger partial charge in [0.1, 0.15) is 0 Å². The molecule has 1 saturated heterocycles. The molecular weight excluding hydrogens is 290 g/mol. The number of carboxylic acids is 1. The molecule has 1 fully saturated rings. The summed E-state index contributed by atoms with van der Waals surface area (Å²) in [5, 5.41) is 13.3. The molecule has 1 aliphatic rings. The van der Waals surface area contributed by atoms with Crippen molar-refractivity contribution in [1.29, 1.82) is 0 Å². The predicted molar refractivity (Wildman–Crippen MR) is 82.4 cm³/mol. The van der Waals surface area contributed by atoms with Crippen molar-refractivity contribution in [2.45, 2.75) is 18.9 Å². The highest BCUT2D eigenvalue weighted by Gasteiger charge is 2.30.